The molecule has 0 radical (unpaired) electrons. The Bertz CT molecular complexity index is 639. The molecular formula is C13H15F2N5O. The Hall–Kier alpha value is -2.09. The van der Waals surface area contributed by atoms with E-state index in [-0.39, 0.29) is 23.2 Å². The van der Waals surface area contributed by atoms with Gasteiger partial charge in [0.15, 0.2) is 5.82 Å². The lowest BCUT2D eigenvalue weighted by atomic mass is 10.1. The quantitative estimate of drug-likeness (QED) is 0.873. The van der Waals surface area contributed by atoms with Crippen molar-refractivity contribution in [3.05, 3.63) is 23.8 Å². The molecule has 1 aromatic carbocycles. The second-order valence-corrected chi connectivity index (χ2v) is 5.03. The van der Waals surface area contributed by atoms with E-state index in [9.17, 15) is 8.78 Å². The molecule has 0 aliphatic carbocycles. The van der Waals surface area contributed by atoms with E-state index in [1.165, 1.54) is 10.7 Å². The Balaban J connectivity index is 1.89. The molecule has 1 aromatic heterocycles. The van der Waals surface area contributed by atoms with Gasteiger partial charge in [0.1, 0.15) is 11.6 Å². The van der Waals surface area contributed by atoms with Crippen molar-refractivity contribution in [2.24, 2.45) is 0 Å². The highest BCUT2D eigenvalue weighted by atomic mass is 19.1. The first kappa shape index (κ1) is 13.9. The minimum atomic E-state index is -0.800. The van der Waals surface area contributed by atoms with E-state index in [1.54, 1.807) is 0 Å². The van der Waals surface area contributed by atoms with Crippen LogP contribution in [-0.4, -0.2) is 32.9 Å². The third-order valence-corrected chi connectivity index (χ3v) is 3.51. The van der Waals surface area contributed by atoms with Crippen molar-refractivity contribution in [3.63, 3.8) is 0 Å². The summed E-state index contributed by atoms with van der Waals surface area (Å²) in [6.07, 6.45) is 3.04. The van der Waals surface area contributed by atoms with E-state index in [4.69, 9.17) is 10.5 Å². The molecule has 0 bridgehead atoms. The van der Waals surface area contributed by atoms with Gasteiger partial charge in [-0.3, -0.25) is 0 Å². The zero-order valence-electron chi connectivity index (χ0n) is 11.3. The van der Waals surface area contributed by atoms with E-state index in [2.05, 4.69) is 15.5 Å². The Morgan fingerprint density at radius 2 is 2.14 bits per heavy atom. The number of halogens is 2. The number of rotatable bonds is 3. The third kappa shape index (κ3) is 2.85. The summed E-state index contributed by atoms with van der Waals surface area (Å²) in [5.41, 5.74) is 5.42. The monoisotopic (exact) mass is 295 g/mol. The summed E-state index contributed by atoms with van der Waals surface area (Å²) in [5.74, 6) is -1.33. The molecule has 8 heteroatoms. The van der Waals surface area contributed by atoms with Crippen LogP contribution in [0.1, 0.15) is 19.3 Å². The van der Waals surface area contributed by atoms with Crippen LogP contribution in [0, 0.1) is 11.6 Å². The summed E-state index contributed by atoms with van der Waals surface area (Å²) in [5, 5.41) is 11.2. The van der Waals surface area contributed by atoms with Gasteiger partial charge >= 0.3 is 0 Å². The van der Waals surface area contributed by atoms with Crippen molar-refractivity contribution in [2.75, 3.05) is 12.3 Å². The molecule has 3 rings (SSSR count). The highest BCUT2D eigenvalue weighted by molar-refractivity contribution is 5.62. The summed E-state index contributed by atoms with van der Waals surface area (Å²) >= 11 is 0. The first-order chi connectivity index (χ1) is 10.1. The summed E-state index contributed by atoms with van der Waals surface area (Å²) in [7, 11) is 0. The molecule has 2 heterocycles. The molecular weight excluding hydrogens is 280 g/mol. The first-order valence-corrected chi connectivity index (χ1v) is 6.78. The molecule has 2 aromatic rings. The first-order valence-electron chi connectivity index (χ1n) is 6.78. The average Bonchev–Trinajstić information content (AvgIpc) is 2.92. The Morgan fingerprint density at radius 3 is 2.90 bits per heavy atom. The van der Waals surface area contributed by atoms with Crippen LogP contribution < -0.4 is 5.73 Å². The van der Waals surface area contributed by atoms with Crippen LogP contribution in [0.3, 0.4) is 0 Å². The van der Waals surface area contributed by atoms with Crippen LogP contribution in [0.4, 0.5) is 14.5 Å². The Morgan fingerprint density at radius 1 is 1.29 bits per heavy atom. The van der Waals surface area contributed by atoms with Gasteiger partial charge in [-0.15, -0.1) is 5.10 Å². The Labute approximate surface area is 119 Å². The fourth-order valence-electron chi connectivity index (χ4n) is 2.40. The SMILES string of the molecule is Nc1cc(-c2nnnn2CC2CCCCO2)c(F)cc1F. The highest BCUT2D eigenvalue weighted by Gasteiger charge is 2.20. The number of hydrogen-bond donors (Lipinski definition) is 1. The molecule has 1 aliphatic rings. The molecule has 1 fully saturated rings. The Kier molecular flexibility index (Phi) is 3.78. The van der Waals surface area contributed by atoms with E-state index in [0.717, 1.165) is 25.3 Å². The summed E-state index contributed by atoms with van der Waals surface area (Å²) < 4.78 is 34.2. The highest BCUT2D eigenvalue weighted by Crippen LogP contribution is 2.25. The van der Waals surface area contributed by atoms with E-state index in [1.807, 2.05) is 0 Å². The number of benzene rings is 1. The molecule has 21 heavy (non-hydrogen) atoms. The van der Waals surface area contributed by atoms with Crippen molar-refractivity contribution in [3.8, 4) is 11.4 Å². The lowest BCUT2D eigenvalue weighted by molar-refractivity contribution is 0.00396. The van der Waals surface area contributed by atoms with Gasteiger partial charge in [-0.25, -0.2) is 13.5 Å². The molecule has 0 spiro atoms. The predicted octanol–water partition coefficient (Wildman–Crippen LogP) is 1.77. The number of nitrogen functional groups attached to an aromatic ring is 1. The minimum absolute atomic E-state index is 0.00172. The zero-order valence-corrected chi connectivity index (χ0v) is 11.3. The lowest BCUT2D eigenvalue weighted by Gasteiger charge is -2.22. The van der Waals surface area contributed by atoms with Crippen LogP contribution in [-0.2, 0) is 11.3 Å². The van der Waals surface area contributed by atoms with Gasteiger partial charge in [0.25, 0.3) is 0 Å². The summed E-state index contributed by atoms with van der Waals surface area (Å²) in [6.45, 7) is 1.14. The van der Waals surface area contributed by atoms with Gasteiger partial charge in [-0.2, -0.15) is 0 Å². The molecule has 112 valence electrons. The predicted molar refractivity (Wildman–Crippen MR) is 71.2 cm³/mol. The van der Waals surface area contributed by atoms with Crippen molar-refractivity contribution >= 4 is 5.69 Å². The second kappa shape index (κ2) is 5.72. The number of aromatic nitrogens is 4. The van der Waals surface area contributed by atoms with Crippen molar-refractivity contribution in [2.45, 2.75) is 31.9 Å². The van der Waals surface area contributed by atoms with Gasteiger partial charge in [0.2, 0.25) is 0 Å². The van der Waals surface area contributed by atoms with Crippen LogP contribution in [0.5, 0.6) is 0 Å². The van der Waals surface area contributed by atoms with Crippen LogP contribution in [0.15, 0.2) is 12.1 Å². The van der Waals surface area contributed by atoms with Crippen molar-refractivity contribution in [1.29, 1.82) is 0 Å². The fraction of sp³-hybridized carbons (Fsp3) is 0.462. The number of hydrogen-bond acceptors (Lipinski definition) is 5. The maximum atomic E-state index is 13.9. The van der Waals surface area contributed by atoms with E-state index in [0.29, 0.717) is 13.2 Å². The largest absolute Gasteiger partial charge is 0.396 e. The van der Waals surface area contributed by atoms with E-state index < -0.39 is 11.6 Å². The van der Waals surface area contributed by atoms with Crippen molar-refractivity contribution < 1.29 is 13.5 Å². The maximum absolute atomic E-state index is 13.9. The molecule has 2 N–H and O–H groups in total. The van der Waals surface area contributed by atoms with Gasteiger partial charge in [-0.05, 0) is 35.8 Å². The molecule has 0 saturated carbocycles. The second-order valence-electron chi connectivity index (χ2n) is 5.03. The van der Waals surface area contributed by atoms with Crippen LogP contribution >= 0.6 is 0 Å². The van der Waals surface area contributed by atoms with Gasteiger partial charge in [0, 0.05) is 12.7 Å². The third-order valence-electron chi connectivity index (χ3n) is 3.51. The normalized spacial score (nSPS) is 18.9. The van der Waals surface area contributed by atoms with Crippen LogP contribution in [0.25, 0.3) is 11.4 Å². The number of ether oxygens (including phenoxy) is 1. The standard InChI is InChI=1S/C13H15F2N5O/c14-10-6-11(15)12(16)5-9(10)13-17-18-19-20(13)7-8-3-1-2-4-21-8/h5-6,8H,1-4,7,16H2. The zero-order chi connectivity index (χ0) is 14.8. The lowest BCUT2D eigenvalue weighted by Crippen LogP contribution is -2.25. The molecule has 0 amide bonds. The number of nitrogens with zero attached hydrogens (tertiary/aromatic N) is 4. The van der Waals surface area contributed by atoms with Gasteiger partial charge in [0.05, 0.1) is 23.9 Å². The number of anilines is 1. The average molecular weight is 295 g/mol. The summed E-state index contributed by atoms with van der Waals surface area (Å²) in [6, 6.07) is 1.94. The van der Waals surface area contributed by atoms with Gasteiger partial charge in [-0.1, -0.05) is 0 Å². The van der Waals surface area contributed by atoms with E-state index >= 15 is 0 Å². The summed E-state index contributed by atoms with van der Waals surface area (Å²) in [4.78, 5) is 0. The molecule has 1 aliphatic heterocycles. The van der Waals surface area contributed by atoms with Gasteiger partial charge < -0.3 is 10.5 Å². The number of tetrazole rings is 1. The molecule has 6 nitrogen and oxygen atoms in total. The van der Waals surface area contributed by atoms with Crippen molar-refractivity contribution in [1.82, 2.24) is 20.2 Å². The topological polar surface area (TPSA) is 78.9 Å². The molecule has 1 saturated heterocycles. The maximum Gasteiger partial charge on any atom is 0.185 e. The molecule has 1 atom stereocenters. The minimum Gasteiger partial charge on any atom is -0.396 e. The molecule has 1 unspecified atom stereocenters. The number of nitrogens with two attached hydrogens (primary N) is 1. The fourth-order valence-corrected chi connectivity index (χ4v) is 2.40. The van der Waals surface area contributed by atoms with Crippen LogP contribution in [0.2, 0.25) is 0 Å². The smallest absolute Gasteiger partial charge is 0.185 e.